The van der Waals surface area contributed by atoms with Crippen LogP contribution < -0.4 is 15.8 Å². The van der Waals surface area contributed by atoms with Crippen LogP contribution in [0.5, 0.6) is 0 Å². The van der Waals surface area contributed by atoms with Gasteiger partial charge in [0.1, 0.15) is 0 Å². The molecule has 2 N–H and O–H groups in total. The third-order valence-corrected chi connectivity index (χ3v) is 5.95. The van der Waals surface area contributed by atoms with Crippen molar-refractivity contribution < 1.29 is 9.59 Å². The molecule has 33 heavy (non-hydrogen) atoms. The summed E-state index contributed by atoms with van der Waals surface area (Å²) in [7, 11) is 0. The first-order chi connectivity index (χ1) is 16.0. The van der Waals surface area contributed by atoms with E-state index in [9.17, 15) is 14.4 Å². The summed E-state index contributed by atoms with van der Waals surface area (Å²) in [5, 5.41) is 10.7. The molecular weight excluding hydrogens is 440 g/mol. The summed E-state index contributed by atoms with van der Waals surface area (Å²) in [6.07, 6.45) is 0.985. The van der Waals surface area contributed by atoms with Gasteiger partial charge in [-0.15, -0.1) is 0 Å². The molecule has 4 aromatic rings. The molecule has 0 unspecified atom stereocenters. The summed E-state index contributed by atoms with van der Waals surface area (Å²) in [5.41, 5.74) is 3.17. The second-order valence-corrected chi connectivity index (χ2v) is 8.29. The van der Waals surface area contributed by atoms with Gasteiger partial charge >= 0.3 is 0 Å². The maximum absolute atomic E-state index is 12.9. The first-order valence-corrected chi connectivity index (χ1v) is 10.8. The fourth-order valence-electron chi connectivity index (χ4n) is 4.06. The standard InChI is InChI=1S/C25H19ClN4O3/c26-17-8-5-15(6-9-17)14-30-21-11-10-18(13-16(21)7-12-22(30)31)27-25(33)23-19-3-1-2-4-20(19)24(32)29-28-23/h1-6,8-11,13H,7,12,14H2,(H,27,33)(H,29,32). The molecule has 0 spiro atoms. The fraction of sp³-hybridized carbons (Fsp3) is 0.120. The Morgan fingerprint density at radius 2 is 1.76 bits per heavy atom. The summed E-state index contributed by atoms with van der Waals surface area (Å²) in [6, 6.07) is 19.7. The molecule has 1 aromatic heterocycles. The minimum atomic E-state index is -0.424. The summed E-state index contributed by atoms with van der Waals surface area (Å²) in [6.45, 7) is 0.446. The zero-order chi connectivity index (χ0) is 22.9. The van der Waals surface area contributed by atoms with Crippen LogP contribution in [0.15, 0.2) is 71.5 Å². The first kappa shape index (κ1) is 20.9. The van der Waals surface area contributed by atoms with Crippen molar-refractivity contribution >= 4 is 45.6 Å². The number of amides is 2. The van der Waals surface area contributed by atoms with E-state index < -0.39 is 5.91 Å². The SMILES string of the molecule is O=C(Nc1ccc2c(c1)CCC(=O)N2Cc1ccc(Cl)cc1)c1n[nH]c(=O)c2ccccc12. The van der Waals surface area contributed by atoms with E-state index in [-0.39, 0.29) is 17.2 Å². The second kappa shape index (κ2) is 8.52. The van der Waals surface area contributed by atoms with E-state index in [0.717, 1.165) is 16.8 Å². The Bertz CT molecular complexity index is 1450. The normalized spacial score (nSPS) is 13.1. The molecule has 0 radical (unpaired) electrons. The van der Waals surface area contributed by atoms with Gasteiger partial charge in [0.2, 0.25) is 5.91 Å². The molecule has 0 atom stereocenters. The van der Waals surface area contributed by atoms with E-state index in [2.05, 4.69) is 15.5 Å². The summed E-state index contributed by atoms with van der Waals surface area (Å²) >= 11 is 5.97. The predicted molar refractivity (Wildman–Crippen MR) is 128 cm³/mol. The van der Waals surface area contributed by atoms with Gasteiger partial charge in [0.15, 0.2) is 5.69 Å². The van der Waals surface area contributed by atoms with Crippen LogP contribution in [0.1, 0.15) is 28.0 Å². The highest BCUT2D eigenvalue weighted by Gasteiger charge is 2.25. The lowest BCUT2D eigenvalue weighted by molar-refractivity contribution is -0.119. The Morgan fingerprint density at radius 1 is 1.00 bits per heavy atom. The lowest BCUT2D eigenvalue weighted by atomic mass is 9.99. The Balaban J connectivity index is 1.41. The van der Waals surface area contributed by atoms with Crippen molar-refractivity contribution in [3.05, 3.63) is 98.9 Å². The number of nitrogens with zero attached hydrogens (tertiary/aromatic N) is 2. The smallest absolute Gasteiger partial charge is 0.276 e. The molecule has 0 bridgehead atoms. The summed E-state index contributed by atoms with van der Waals surface area (Å²) < 4.78 is 0. The molecular formula is C25H19ClN4O3. The van der Waals surface area contributed by atoms with E-state index in [1.165, 1.54) is 0 Å². The lowest BCUT2D eigenvalue weighted by Gasteiger charge is -2.30. The molecule has 3 aromatic carbocycles. The molecule has 0 aliphatic carbocycles. The molecule has 164 valence electrons. The molecule has 0 saturated heterocycles. The van der Waals surface area contributed by atoms with Crippen molar-refractivity contribution in [1.29, 1.82) is 0 Å². The highest BCUT2D eigenvalue weighted by atomic mass is 35.5. The number of aromatic amines is 1. The topological polar surface area (TPSA) is 95.2 Å². The van der Waals surface area contributed by atoms with Crippen molar-refractivity contribution in [1.82, 2.24) is 10.2 Å². The minimum Gasteiger partial charge on any atom is -0.321 e. The molecule has 1 aliphatic rings. The summed E-state index contributed by atoms with van der Waals surface area (Å²) in [4.78, 5) is 39.3. The Labute approximate surface area is 194 Å². The largest absolute Gasteiger partial charge is 0.321 e. The number of aromatic nitrogens is 2. The van der Waals surface area contributed by atoms with Gasteiger partial charge in [0, 0.05) is 28.2 Å². The van der Waals surface area contributed by atoms with Crippen molar-refractivity contribution in [2.45, 2.75) is 19.4 Å². The van der Waals surface area contributed by atoms with E-state index in [0.29, 0.717) is 40.9 Å². The van der Waals surface area contributed by atoms with Crippen LogP contribution >= 0.6 is 11.6 Å². The monoisotopic (exact) mass is 458 g/mol. The van der Waals surface area contributed by atoms with Gasteiger partial charge in [0.05, 0.1) is 11.9 Å². The van der Waals surface area contributed by atoms with Crippen LogP contribution in [-0.4, -0.2) is 22.0 Å². The Kier molecular flexibility index (Phi) is 5.40. The number of aryl methyl sites for hydroxylation is 1. The number of H-pyrrole nitrogens is 1. The third-order valence-electron chi connectivity index (χ3n) is 5.70. The molecule has 0 saturated carbocycles. The first-order valence-electron chi connectivity index (χ1n) is 10.5. The number of halogens is 1. The fourth-order valence-corrected chi connectivity index (χ4v) is 4.19. The average Bonchev–Trinajstić information content (AvgIpc) is 2.82. The van der Waals surface area contributed by atoms with Crippen LogP contribution in [0.3, 0.4) is 0 Å². The number of carbonyl (C=O) groups excluding carboxylic acids is 2. The average molecular weight is 459 g/mol. The van der Waals surface area contributed by atoms with E-state index >= 15 is 0 Å². The van der Waals surface area contributed by atoms with Gasteiger partial charge in [-0.25, -0.2) is 5.10 Å². The molecule has 2 amide bonds. The number of carbonyl (C=O) groups is 2. The number of anilines is 2. The zero-order valence-electron chi connectivity index (χ0n) is 17.5. The van der Waals surface area contributed by atoms with Crippen molar-refractivity contribution in [2.24, 2.45) is 0 Å². The molecule has 7 nitrogen and oxygen atoms in total. The number of rotatable bonds is 4. The maximum Gasteiger partial charge on any atom is 0.276 e. The quantitative estimate of drug-likeness (QED) is 0.476. The summed E-state index contributed by atoms with van der Waals surface area (Å²) in [5.74, 6) is -0.370. The molecule has 0 fully saturated rings. The molecule has 2 heterocycles. The van der Waals surface area contributed by atoms with Crippen molar-refractivity contribution in [3.8, 4) is 0 Å². The number of hydrogen-bond donors (Lipinski definition) is 2. The number of nitrogens with one attached hydrogen (secondary N) is 2. The molecule has 5 rings (SSSR count). The Morgan fingerprint density at radius 3 is 2.55 bits per heavy atom. The van der Waals surface area contributed by atoms with E-state index in [1.807, 2.05) is 24.3 Å². The molecule has 8 heteroatoms. The minimum absolute atomic E-state index is 0.0538. The van der Waals surface area contributed by atoms with Gasteiger partial charge in [-0.3, -0.25) is 14.4 Å². The zero-order valence-corrected chi connectivity index (χ0v) is 18.2. The highest BCUT2D eigenvalue weighted by Crippen LogP contribution is 2.32. The maximum atomic E-state index is 12.9. The van der Waals surface area contributed by atoms with Gasteiger partial charge in [-0.2, -0.15) is 5.10 Å². The van der Waals surface area contributed by atoms with Gasteiger partial charge in [-0.1, -0.05) is 41.9 Å². The van der Waals surface area contributed by atoms with Gasteiger partial charge < -0.3 is 10.2 Å². The third kappa shape index (κ3) is 4.10. The Hall–Kier alpha value is -3.97. The van der Waals surface area contributed by atoms with Crippen LogP contribution in [0.4, 0.5) is 11.4 Å². The molecule has 1 aliphatic heterocycles. The van der Waals surface area contributed by atoms with Gasteiger partial charge in [-0.05, 0) is 53.9 Å². The number of hydrogen-bond acceptors (Lipinski definition) is 4. The predicted octanol–water partition coefficient (Wildman–Crippen LogP) is 4.31. The van der Waals surface area contributed by atoms with Gasteiger partial charge in [0.25, 0.3) is 11.5 Å². The lowest BCUT2D eigenvalue weighted by Crippen LogP contribution is -2.34. The van der Waals surface area contributed by atoms with Crippen molar-refractivity contribution in [3.63, 3.8) is 0 Å². The second-order valence-electron chi connectivity index (χ2n) is 7.85. The van der Waals surface area contributed by atoms with E-state index in [1.54, 1.807) is 47.4 Å². The highest BCUT2D eigenvalue weighted by molar-refractivity contribution is 6.30. The van der Waals surface area contributed by atoms with E-state index in [4.69, 9.17) is 11.6 Å². The van der Waals surface area contributed by atoms with Crippen LogP contribution in [-0.2, 0) is 17.8 Å². The van der Waals surface area contributed by atoms with Crippen LogP contribution in [0, 0.1) is 0 Å². The number of benzene rings is 3. The number of fused-ring (bicyclic) bond motifs is 2. The van der Waals surface area contributed by atoms with Crippen LogP contribution in [0.25, 0.3) is 10.8 Å². The van der Waals surface area contributed by atoms with Crippen LogP contribution in [0.2, 0.25) is 5.02 Å². The van der Waals surface area contributed by atoms with Crippen molar-refractivity contribution in [2.75, 3.05) is 10.2 Å².